The lowest BCUT2D eigenvalue weighted by Gasteiger charge is -2.08. The predicted octanol–water partition coefficient (Wildman–Crippen LogP) is 3.09. The van der Waals surface area contributed by atoms with Gasteiger partial charge in [-0.25, -0.2) is 23.1 Å². The average molecular weight is 320 g/mol. The maximum absolute atomic E-state index is 13.4. The number of fused-ring (bicyclic) bond motifs is 1. The maximum atomic E-state index is 13.4. The number of rotatable bonds is 3. The molecule has 23 heavy (non-hydrogen) atoms. The molecule has 0 spiro atoms. The van der Waals surface area contributed by atoms with E-state index in [0.717, 1.165) is 12.1 Å². The fourth-order valence-corrected chi connectivity index (χ4v) is 2.11. The highest BCUT2D eigenvalue weighted by molar-refractivity contribution is 5.83. The number of hydrogen-bond donors (Lipinski definition) is 1. The van der Waals surface area contributed by atoms with Crippen LogP contribution in [0.5, 0.6) is 5.88 Å². The minimum Gasteiger partial charge on any atom is -0.476 e. The van der Waals surface area contributed by atoms with Crippen LogP contribution in [0.25, 0.3) is 22.3 Å². The lowest BCUT2D eigenvalue weighted by Crippen LogP contribution is -2.03. The van der Waals surface area contributed by atoms with Crippen LogP contribution in [0.2, 0.25) is 0 Å². The summed E-state index contributed by atoms with van der Waals surface area (Å²) < 4.78 is 45.2. The van der Waals surface area contributed by atoms with E-state index < -0.39 is 17.5 Å². The number of anilines is 1. The number of hydrogen-bond acceptors (Lipinski definition) is 5. The van der Waals surface area contributed by atoms with Gasteiger partial charge in [-0.15, -0.1) is 0 Å². The van der Waals surface area contributed by atoms with Gasteiger partial charge in [0.15, 0.2) is 23.0 Å². The Balaban J connectivity index is 2.20. The molecule has 1 aromatic carbocycles. The van der Waals surface area contributed by atoms with Crippen molar-refractivity contribution in [1.82, 2.24) is 15.0 Å². The van der Waals surface area contributed by atoms with E-state index in [1.165, 1.54) is 6.07 Å². The third-order valence-corrected chi connectivity index (χ3v) is 3.09. The molecule has 8 heteroatoms. The zero-order valence-corrected chi connectivity index (χ0v) is 12.0. The molecule has 0 amide bonds. The zero-order chi connectivity index (χ0) is 16.6. The number of halogens is 3. The second-order valence-corrected chi connectivity index (χ2v) is 4.64. The Kier molecular flexibility index (Phi) is 3.73. The molecule has 0 atom stereocenters. The first-order valence-electron chi connectivity index (χ1n) is 6.71. The SMILES string of the molecule is CCOc1nc(N)nc2ccc(-c3cc(F)c(F)c(F)c3)nc12. The van der Waals surface area contributed by atoms with E-state index in [2.05, 4.69) is 15.0 Å². The third kappa shape index (κ3) is 2.75. The minimum atomic E-state index is -1.53. The number of nitrogen functional groups attached to an aromatic ring is 1. The van der Waals surface area contributed by atoms with Crippen LogP contribution >= 0.6 is 0 Å². The van der Waals surface area contributed by atoms with E-state index in [4.69, 9.17) is 10.5 Å². The van der Waals surface area contributed by atoms with Gasteiger partial charge in [-0.1, -0.05) is 0 Å². The molecule has 3 rings (SSSR count). The molecule has 0 bridgehead atoms. The monoisotopic (exact) mass is 320 g/mol. The first-order valence-corrected chi connectivity index (χ1v) is 6.71. The van der Waals surface area contributed by atoms with Crippen molar-refractivity contribution < 1.29 is 17.9 Å². The predicted molar refractivity (Wildman–Crippen MR) is 78.2 cm³/mol. The van der Waals surface area contributed by atoms with E-state index in [-0.39, 0.29) is 23.1 Å². The van der Waals surface area contributed by atoms with Gasteiger partial charge in [0.05, 0.1) is 17.8 Å². The molecule has 2 heterocycles. The van der Waals surface area contributed by atoms with Crippen LogP contribution < -0.4 is 10.5 Å². The normalized spacial score (nSPS) is 11.0. The standard InChI is InChI=1S/C15H11F3N4O/c1-2-23-14-13-11(21-15(19)22-14)4-3-10(20-13)7-5-8(16)12(18)9(17)6-7/h3-6H,2H2,1H3,(H2,19,21,22). The molecule has 0 aliphatic carbocycles. The molecule has 5 nitrogen and oxygen atoms in total. The van der Waals surface area contributed by atoms with Gasteiger partial charge < -0.3 is 10.5 Å². The van der Waals surface area contributed by atoms with Crippen LogP contribution in [0.15, 0.2) is 24.3 Å². The van der Waals surface area contributed by atoms with Gasteiger partial charge in [0.1, 0.15) is 0 Å². The summed E-state index contributed by atoms with van der Waals surface area (Å²) in [4.78, 5) is 12.2. The molecule has 0 aliphatic rings. The Bertz CT molecular complexity index is 878. The number of pyridine rings is 1. The lowest BCUT2D eigenvalue weighted by atomic mass is 10.1. The van der Waals surface area contributed by atoms with Gasteiger partial charge in [0.25, 0.3) is 0 Å². The summed E-state index contributed by atoms with van der Waals surface area (Å²) in [5.41, 5.74) is 6.62. The Hall–Kier alpha value is -2.90. The van der Waals surface area contributed by atoms with Crippen molar-refractivity contribution in [2.75, 3.05) is 12.3 Å². The lowest BCUT2D eigenvalue weighted by molar-refractivity contribution is 0.330. The van der Waals surface area contributed by atoms with Gasteiger partial charge in [0.2, 0.25) is 11.8 Å². The molecule has 0 radical (unpaired) electrons. The fourth-order valence-electron chi connectivity index (χ4n) is 2.11. The number of nitrogens with two attached hydrogens (primary N) is 1. The first-order chi connectivity index (χ1) is 11.0. The van der Waals surface area contributed by atoms with Crippen molar-refractivity contribution in [2.24, 2.45) is 0 Å². The van der Waals surface area contributed by atoms with Crippen molar-refractivity contribution in [1.29, 1.82) is 0 Å². The van der Waals surface area contributed by atoms with Gasteiger partial charge in [-0.3, -0.25) is 0 Å². The number of aromatic nitrogens is 3. The van der Waals surface area contributed by atoms with Crippen molar-refractivity contribution in [3.63, 3.8) is 0 Å². The van der Waals surface area contributed by atoms with Crippen LogP contribution in [-0.2, 0) is 0 Å². The van der Waals surface area contributed by atoms with E-state index in [1.54, 1.807) is 13.0 Å². The molecular formula is C15H11F3N4O. The summed E-state index contributed by atoms with van der Waals surface area (Å²) in [6.07, 6.45) is 0. The zero-order valence-electron chi connectivity index (χ0n) is 12.0. The van der Waals surface area contributed by atoms with Crippen LogP contribution in [0.3, 0.4) is 0 Å². The van der Waals surface area contributed by atoms with Crippen molar-refractivity contribution in [2.45, 2.75) is 6.92 Å². The highest BCUT2D eigenvalue weighted by atomic mass is 19.2. The van der Waals surface area contributed by atoms with E-state index in [0.29, 0.717) is 17.6 Å². The van der Waals surface area contributed by atoms with E-state index >= 15 is 0 Å². The second kappa shape index (κ2) is 5.71. The minimum absolute atomic E-state index is 0.0226. The molecule has 3 aromatic rings. The van der Waals surface area contributed by atoms with Gasteiger partial charge in [-0.05, 0) is 31.2 Å². The van der Waals surface area contributed by atoms with Gasteiger partial charge in [-0.2, -0.15) is 4.98 Å². The number of ether oxygens (including phenoxy) is 1. The summed E-state index contributed by atoms with van der Waals surface area (Å²) in [6.45, 7) is 2.09. The Morgan fingerprint density at radius 2 is 1.74 bits per heavy atom. The molecule has 0 fully saturated rings. The molecule has 0 aliphatic heterocycles. The molecule has 0 unspecified atom stereocenters. The van der Waals surface area contributed by atoms with Crippen molar-refractivity contribution in [3.8, 4) is 17.1 Å². The van der Waals surface area contributed by atoms with Crippen LogP contribution in [-0.4, -0.2) is 21.6 Å². The molecule has 118 valence electrons. The quantitative estimate of drug-likeness (QED) is 0.751. The first kappa shape index (κ1) is 15.0. The van der Waals surface area contributed by atoms with E-state index in [1.807, 2.05) is 0 Å². The molecule has 2 aromatic heterocycles. The largest absolute Gasteiger partial charge is 0.476 e. The highest BCUT2D eigenvalue weighted by Crippen LogP contribution is 2.27. The molecule has 2 N–H and O–H groups in total. The van der Waals surface area contributed by atoms with Crippen molar-refractivity contribution in [3.05, 3.63) is 41.7 Å². The third-order valence-electron chi connectivity index (χ3n) is 3.09. The summed E-state index contributed by atoms with van der Waals surface area (Å²) in [6, 6.07) is 4.80. The summed E-state index contributed by atoms with van der Waals surface area (Å²) >= 11 is 0. The average Bonchev–Trinajstić information content (AvgIpc) is 2.52. The van der Waals surface area contributed by atoms with E-state index in [9.17, 15) is 13.2 Å². The van der Waals surface area contributed by atoms with Crippen LogP contribution in [0.1, 0.15) is 6.92 Å². The smallest absolute Gasteiger partial charge is 0.245 e. The summed E-state index contributed by atoms with van der Waals surface area (Å²) in [5, 5.41) is 0. The Morgan fingerprint density at radius 3 is 2.39 bits per heavy atom. The number of nitrogens with zero attached hydrogens (tertiary/aromatic N) is 3. The summed E-state index contributed by atoms with van der Waals surface area (Å²) in [5.74, 6) is -3.92. The molecular weight excluding hydrogens is 309 g/mol. The van der Waals surface area contributed by atoms with Crippen molar-refractivity contribution >= 4 is 17.0 Å². The van der Waals surface area contributed by atoms with Gasteiger partial charge in [0, 0.05) is 5.56 Å². The Labute approximate surface area is 129 Å². The Morgan fingerprint density at radius 1 is 1.04 bits per heavy atom. The van der Waals surface area contributed by atoms with Gasteiger partial charge >= 0.3 is 0 Å². The second-order valence-electron chi connectivity index (χ2n) is 4.64. The fraction of sp³-hybridized carbons (Fsp3) is 0.133. The maximum Gasteiger partial charge on any atom is 0.245 e. The topological polar surface area (TPSA) is 73.9 Å². The molecule has 0 saturated heterocycles. The molecule has 0 saturated carbocycles. The summed E-state index contributed by atoms with van der Waals surface area (Å²) in [7, 11) is 0. The highest BCUT2D eigenvalue weighted by Gasteiger charge is 2.15. The van der Waals surface area contributed by atoms with Crippen LogP contribution in [0, 0.1) is 17.5 Å². The van der Waals surface area contributed by atoms with Crippen LogP contribution in [0.4, 0.5) is 19.1 Å². The number of benzene rings is 1.